The molecule has 6 heteroatoms. The van der Waals surface area contributed by atoms with Crippen LogP contribution in [0, 0.1) is 11.2 Å². The molecule has 0 bridgehead atoms. The van der Waals surface area contributed by atoms with Crippen molar-refractivity contribution in [1.82, 2.24) is 5.32 Å². The average Bonchev–Trinajstić information content (AvgIpc) is 2.68. The molecule has 0 radical (unpaired) electrons. The molecule has 1 aliphatic heterocycles. The summed E-state index contributed by atoms with van der Waals surface area (Å²) >= 11 is 6.53. The van der Waals surface area contributed by atoms with Gasteiger partial charge in [0.05, 0.1) is 5.69 Å². The number of nitrogens with one attached hydrogen (secondary N) is 2. The Kier molecular flexibility index (Phi) is 5.48. The van der Waals surface area contributed by atoms with Crippen molar-refractivity contribution in [3.63, 3.8) is 0 Å². The van der Waals surface area contributed by atoms with Crippen LogP contribution in [0.4, 0.5) is 10.1 Å². The summed E-state index contributed by atoms with van der Waals surface area (Å²) in [5, 5.41) is 6.44. The molecule has 1 unspecified atom stereocenters. The molecule has 0 saturated heterocycles. The zero-order valence-electron chi connectivity index (χ0n) is 17.7. The van der Waals surface area contributed by atoms with Gasteiger partial charge in [0.2, 0.25) is 0 Å². The number of rotatable bonds is 3. The van der Waals surface area contributed by atoms with Crippen LogP contribution >= 0.6 is 11.6 Å². The number of halogens is 2. The molecule has 1 aliphatic carbocycles. The smallest absolute Gasteiger partial charge is 0.254 e. The van der Waals surface area contributed by atoms with Gasteiger partial charge in [0.15, 0.2) is 5.78 Å². The minimum Gasteiger partial charge on any atom is -0.362 e. The summed E-state index contributed by atoms with van der Waals surface area (Å²) < 4.78 is 14.2. The molecule has 2 aromatic carbocycles. The lowest BCUT2D eigenvalue weighted by Gasteiger charge is -2.39. The number of hydrogen-bond donors (Lipinski definition) is 2. The molecule has 0 spiro atoms. The van der Waals surface area contributed by atoms with Gasteiger partial charge in [-0.3, -0.25) is 9.59 Å². The van der Waals surface area contributed by atoms with Crippen molar-refractivity contribution in [1.29, 1.82) is 0 Å². The summed E-state index contributed by atoms with van der Waals surface area (Å²) in [6.07, 6.45) is 1.07. The quantitative estimate of drug-likeness (QED) is 0.644. The Bertz CT molecular complexity index is 1150. The van der Waals surface area contributed by atoms with E-state index in [-0.39, 0.29) is 16.9 Å². The first kappa shape index (κ1) is 21.3. The van der Waals surface area contributed by atoms with Gasteiger partial charge in [0, 0.05) is 39.9 Å². The third kappa shape index (κ3) is 4.02. The number of dihydropyridines is 1. The van der Waals surface area contributed by atoms with Crippen LogP contribution in [-0.2, 0) is 9.59 Å². The topological polar surface area (TPSA) is 58.2 Å². The van der Waals surface area contributed by atoms with Crippen molar-refractivity contribution in [2.75, 3.05) is 5.32 Å². The van der Waals surface area contributed by atoms with E-state index in [1.165, 1.54) is 12.1 Å². The first-order chi connectivity index (χ1) is 14.7. The predicted octanol–water partition coefficient (Wildman–Crippen LogP) is 5.72. The Labute approximate surface area is 186 Å². The van der Waals surface area contributed by atoms with Gasteiger partial charge in [0.1, 0.15) is 5.82 Å². The van der Waals surface area contributed by atoms with E-state index < -0.39 is 17.6 Å². The van der Waals surface area contributed by atoms with Crippen LogP contribution in [0.1, 0.15) is 45.1 Å². The Morgan fingerprint density at radius 3 is 2.52 bits per heavy atom. The molecule has 1 heterocycles. The number of anilines is 1. The number of hydrogen-bond acceptors (Lipinski definition) is 3. The first-order valence-corrected chi connectivity index (χ1v) is 10.6. The van der Waals surface area contributed by atoms with Gasteiger partial charge in [-0.15, -0.1) is 0 Å². The maximum Gasteiger partial charge on any atom is 0.254 e. The highest BCUT2D eigenvalue weighted by atomic mass is 35.5. The largest absolute Gasteiger partial charge is 0.362 e. The number of allylic oxidation sites excluding steroid dienone is 3. The molecule has 0 fully saturated rings. The summed E-state index contributed by atoms with van der Waals surface area (Å²) in [6.45, 7) is 5.91. The van der Waals surface area contributed by atoms with Gasteiger partial charge >= 0.3 is 0 Å². The van der Waals surface area contributed by atoms with Gasteiger partial charge < -0.3 is 10.6 Å². The van der Waals surface area contributed by atoms with E-state index in [0.717, 1.165) is 5.70 Å². The number of amides is 1. The highest BCUT2D eigenvalue weighted by Gasteiger charge is 2.43. The number of carbonyl (C=O) groups excluding carboxylic acids is 2. The van der Waals surface area contributed by atoms with E-state index in [1.807, 2.05) is 18.2 Å². The van der Waals surface area contributed by atoms with Crippen molar-refractivity contribution in [2.45, 2.75) is 39.5 Å². The Hall–Kier alpha value is -2.92. The summed E-state index contributed by atoms with van der Waals surface area (Å²) in [5.74, 6) is -1.63. The summed E-state index contributed by atoms with van der Waals surface area (Å²) in [4.78, 5) is 26.7. The highest BCUT2D eigenvalue weighted by molar-refractivity contribution is 6.31. The fraction of sp³-hybridized carbons (Fsp3) is 0.280. The lowest BCUT2D eigenvalue weighted by Crippen LogP contribution is -2.39. The second-order valence-corrected chi connectivity index (χ2v) is 9.29. The fourth-order valence-electron chi connectivity index (χ4n) is 4.51. The fourth-order valence-corrected chi connectivity index (χ4v) is 4.75. The lowest BCUT2D eigenvalue weighted by atomic mass is 9.68. The standard InChI is InChI=1S/C25H24ClFN2O2/c1-14-21(24(31)29-18-11-7-6-10-17(18)27)22(15-8-4-5-9-16(15)26)23-19(28-14)12-25(2,3)13-20(23)30/h4-11,22,28H,12-13H2,1-3H3,(H,29,31). The van der Waals surface area contributed by atoms with Crippen molar-refractivity contribution < 1.29 is 14.0 Å². The van der Waals surface area contributed by atoms with E-state index in [0.29, 0.717) is 40.3 Å². The van der Waals surface area contributed by atoms with Crippen LogP contribution < -0.4 is 10.6 Å². The predicted molar refractivity (Wildman–Crippen MR) is 120 cm³/mol. The maximum absolute atomic E-state index is 14.2. The van der Waals surface area contributed by atoms with E-state index >= 15 is 0 Å². The van der Waals surface area contributed by atoms with Crippen LogP contribution in [0.3, 0.4) is 0 Å². The van der Waals surface area contributed by atoms with Crippen LogP contribution in [0.2, 0.25) is 5.02 Å². The number of Topliss-reactive ketones (excluding diaryl/α,β-unsaturated/α-hetero) is 1. The van der Waals surface area contributed by atoms with Crippen molar-refractivity contribution in [3.8, 4) is 0 Å². The third-order valence-electron chi connectivity index (χ3n) is 5.82. The highest BCUT2D eigenvalue weighted by Crippen LogP contribution is 2.48. The average molecular weight is 439 g/mol. The molecular weight excluding hydrogens is 415 g/mol. The van der Waals surface area contributed by atoms with E-state index in [1.54, 1.807) is 25.1 Å². The van der Waals surface area contributed by atoms with Gasteiger partial charge in [-0.25, -0.2) is 4.39 Å². The van der Waals surface area contributed by atoms with E-state index in [4.69, 9.17) is 11.6 Å². The van der Waals surface area contributed by atoms with Crippen molar-refractivity contribution >= 4 is 29.0 Å². The van der Waals surface area contributed by atoms with Crippen molar-refractivity contribution in [3.05, 3.63) is 87.5 Å². The van der Waals surface area contributed by atoms with Crippen LogP contribution in [-0.4, -0.2) is 11.7 Å². The molecule has 4 rings (SSSR count). The molecule has 2 aromatic rings. The monoisotopic (exact) mass is 438 g/mol. The molecule has 1 atom stereocenters. The lowest BCUT2D eigenvalue weighted by molar-refractivity contribution is -0.118. The third-order valence-corrected chi connectivity index (χ3v) is 6.17. The molecule has 4 nitrogen and oxygen atoms in total. The Balaban J connectivity index is 1.84. The molecule has 31 heavy (non-hydrogen) atoms. The van der Waals surface area contributed by atoms with E-state index in [2.05, 4.69) is 24.5 Å². The Morgan fingerprint density at radius 2 is 1.81 bits per heavy atom. The molecule has 0 saturated carbocycles. The molecule has 2 N–H and O–H groups in total. The second kappa shape index (κ2) is 7.97. The van der Waals surface area contributed by atoms with Crippen LogP contribution in [0.5, 0.6) is 0 Å². The molecule has 1 amide bonds. The van der Waals surface area contributed by atoms with Gasteiger partial charge in [-0.1, -0.05) is 55.8 Å². The summed E-state index contributed by atoms with van der Waals surface area (Å²) in [5.41, 5.74) is 2.97. The number of para-hydroxylation sites is 1. The minimum absolute atomic E-state index is 0.00707. The maximum atomic E-state index is 14.2. The minimum atomic E-state index is -0.625. The normalized spacial score (nSPS) is 20.3. The number of ketones is 1. The SMILES string of the molecule is CC1=C(C(=O)Nc2ccccc2F)C(c2ccccc2Cl)C2=C(CC(C)(C)CC2=O)N1. The van der Waals surface area contributed by atoms with Crippen molar-refractivity contribution in [2.24, 2.45) is 5.41 Å². The molecule has 160 valence electrons. The molecular formula is C25H24ClFN2O2. The molecule has 0 aromatic heterocycles. The zero-order chi connectivity index (χ0) is 22.3. The first-order valence-electron chi connectivity index (χ1n) is 10.2. The second-order valence-electron chi connectivity index (χ2n) is 8.89. The van der Waals surface area contributed by atoms with Crippen LogP contribution in [0.25, 0.3) is 0 Å². The van der Waals surface area contributed by atoms with Gasteiger partial charge in [0.25, 0.3) is 5.91 Å². The summed E-state index contributed by atoms with van der Waals surface area (Å²) in [6, 6.07) is 13.2. The molecule has 2 aliphatic rings. The van der Waals surface area contributed by atoms with Crippen LogP contribution in [0.15, 0.2) is 71.1 Å². The van der Waals surface area contributed by atoms with E-state index in [9.17, 15) is 14.0 Å². The Morgan fingerprint density at radius 1 is 1.13 bits per heavy atom. The summed E-state index contributed by atoms with van der Waals surface area (Å²) in [7, 11) is 0. The number of carbonyl (C=O) groups is 2. The number of benzene rings is 2. The van der Waals surface area contributed by atoms with Gasteiger partial charge in [-0.2, -0.15) is 0 Å². The van der Waals surface area contributed by atoms with Gasteiger partial charge in [-0.05, 0) is 42.5 Å². The zero-order valence-corrected chi connectivity index (χ0v) is 18.4.